The average Bonchev–Trinajstić information content (AvgIpc) is 3.09. The molecule has 0 radical (unpaired) electrons. The second-order valence-electron chi connectivity index (χ2n) is 7.62. The molecule has 0 amide bonds. The lowest BCUT2D eigenvalue weighted by atomic mass is 9.70. The van der Waals surface area contributed by atoms with Crippen LogP contribution in [0.3, 0.4) is 0 Å². The van der Waals surface area contributed by atoms with Gasteiger partial charge in [-0.2, -0.15) is 0 Å². The van der Waals surface area contributed by atoms with Crippen LogP contribution in [-0.2, 0) is 0 Å². The number of rotatable bonds is 4. The van der Waals surface area contributed by atoms with Gasteiger partial charge in [0.05, 0.1) is 0 Å². The lowest BCUT2D eigenvalue weighted by Crippen LogP contribution is -2.64. The van der Waals surface area contributed by atoms with Gasteiger partial charge in [0.2, 0.25) is 0 Å². The molecule has 2 saturated carbocycles. The van der Waals surface area contributed by atoms with E-state index < -0.39 is 0 Å². The summed E-state index contributed by atoms with van der Waals surface area (Å²) in [6.07, 6.45) is 12.6. The maximum atomic E-state index is 6.34. The van der Waals surface area contributed by atoms with Gasteiger partial charge in [-0.25, -0.2) is 0 Å². The summed E-state index contributed by atoms with van der Waals surface area (Å²) >= 11 is 0. The molecule has 0 spiro atoms. The molecular formula is C18H35N3. The minimum Gasteiger partial charge on any atom is -0.329 e. The summed E-state index contributed by atoms with van der Waals surface area (Å²) in [4.78, 5) is 5.57. The molecule has 3 fully saturated rings. The zero-order chi connectivity index (χ0) is 14.7. The maximum Gasteiger partial charge on any atom is 0.0360 e. The van der Waals surface area contributed by atoms with Crippen LogP contribution in [0, 0.1) is 5.92 Å². The number of piperazine rings is 1. The van der Waals surface area contributed by atoms with Gasteiger partial charge in [-0.3, -0.25) is 9.80 Å². The van der Waals surface area contributed by atoms with Crippen molar-refractivity contribution in [3.63, 3.8) is 0 Å². The molecule has 2 unspecified atom stereocenters. The van der Waals surface area contributed by atoms with Crippen LogP contribution in [0.4, 0.5) is 0 Å². The summed E-state index contributed by atoms with van der Waals surface area (Å²) in [5, 5.41) is 0. The zero-order valence-corrected chi connectivity index (χ0v) is 14.0. The first kappa shape index (κ1) is 15.8. The van der Waals surface area contributed by atoms with E-state index in [0.29, 0.717) is 5.54 Å². The fraction of sp³-hybridized carbons (Fsp3) is 1.00. The fourth-order valence-electron chi connectivity index (χ4n) is 5.49. The first-order chi connectivity index (χ1) is 10.3. The molecule has 1 saturated heterocycles. The first-order valence-electron chi connectivity index (χ1n) is 9.49. The SMILES string of the molecule is CCC1CCCCC1(CN)N1CCN(C2CCCC2)CC1. The molecular weight excluding hydrogens is 258 g/mol. The van der Waals surface area contributed by atoms with Gasteiger partial charge >= 0.3 is 0 Å². The van der Waals surface area contributed by atoms with Crippen molar-refractivity contribution in [2.45, 2.75) is 76.3 Å². The Labute approximate surface area is 131 Å². The predicted octanol–water partition coefficient (Wildman–Crippen LogP) is 2.84. The highest BCUT2D eigenvalue weighted by molar-refractivity contribution is 5.01. The van der Waals surface area contributed by atoms with E-state index in [1.54, 1.807) is 0 Å². The van der Waals surface area contributed by atoms with E-state index in [9.17, 15) is 0 Å². The number of hydrogen-bond acceptors (Lipinski definition) is 3. The van der Waals surface area contributed by atoms with Crippen LogP contribution in [-0.4, -0.2) is 54.1 Å². The molecule has 0 aromatic heterocycles. The van der Waals surface area contributed by atoms with Crippen LogP contribution in [0.5, 0.6) is 0 Å². The van der Waals surface area contributed by atoms with E-state index in [1.165, 1.54) is 84.0 Å². The number of nitrogens with zero attached hydrogens (tertiary/aromatic N) is 2. The van der Waals surface area contributed by atoms with E-state index in [2.05, 4.69) is 16.7 Å². The number of hydrogen-bond donors (Lipinski definition) is 1. The Morgan fingerprint density at radius 3 is 2.24 bits per heavy atom. The largest absolute Gasteiger partial charge is 0.329 e. The molecule has 3 nitrogen and oxygen atoms in total. The summed E-state index contributed by atoms with van der Waals surface area (Å²) in [5.41, 5.74) is 6.66. The molecule has 3 heteroatoms. The van der Waals surface area contributed by atoms with Crippen molar-refractivity contribution in [3.8, 4) is 0 Å². The lowest BCUT2D eigenvalue weighted by Gasteiger charge is -2.54. The van der Waals surface area contributed by atoms with Crippen molar-refractivity contribution in [3.05, 3.63) is 0 Å². The third kappa shape index (κ3) is 3.02. The molecule has 2 atom stereocenters. The van der Waals surface area contributed by atoms with Gasteiger partial charge in [0.15, 0.2) is 0 Å². The van der Waals surface area contributed by atoms with Gasteiger partial charge in [-0.15, -0.1) is 0 Å². The molecule has 3 aliphatic rings. The van der Waals surface area contributed by atoms with Gasteiger partial charge < -0.3 is 5.73 Å². The van der Waals surface area contributed by atoms with E-state index in [-0.39, 0.29) is 0 Å². The minimum absolute atomic E-state index is 0.328. The molecule has 1 heterocycles. The van der Waals surface area contributed by atoms with Crippen LogP contribution in [0.15, 0.2) is 0 Å². The molecule has 122 valence electrons. The van der Waals surface area contributed by atoms with Gasteiger partial charge in [0.1, 0.15) is 0 Å². The average molecular weight is 293 g/mol. The predicted molar refractivity (Wildman–Crippen MR) is 89.4 cm³/mol. The first-order valence-corrected chi connectivity index (χ1v) is 9.49. The molecule has 21 heavy (non-hydrogen) atoms. The quantitative estimate of drug-likeness (QED) is 0.865. The molecule has 0 aromatic rings. The standard InChI is InChI=1S/C18H35N3/c1-2-16-7-5-6-10-18(16,15-19)21-13-11-20(12-14-21)17-8-3-4-9-17/h16-17H,2-15,19H2,1H3. The second-order valence-corrected chi connectivity index (χ2v) is 7.62. The Morgan fingerprint density at radius 2 is 1.62 bits per heavy atom. The maximum absolute atomic E-state index is 6.34. The highest BCUT2D eigenvalue weighted by Crippen LogP contribution is 2.40. The smallest absolute Gasteiger partial charge is 0.0360 e. The van der Waals surface area contributed by atoms with E-state index in [0.717, 1.165) is 18.5 Å². The summed E-state index contributed by atoms with van der Waals surface area (Å²) in [6.45, 7) is 8.31. The lowest BCUT2D eigenvalue weighted by molar-refractivity contribution is -0.0330. The van der Waals surface area contributed by atoms with Gasteiger partial charge in [0, 0.05) is 44.3 Å². The summed E-state index contributed by atoms with van der Waals surface area (Å²) in [7, 11) is 0. The second kappa shape index (κ2) is 6.97. The van der Waals surface area contributed by atoms with Crippen LogP contribution in [0.1, 0.15) is 64.7 Å². The molecule has 2 N–H and O–H groups in total. The van der Waals surface area contributed by atoms with Crippen LogP contribution in [0.25, 0.3) is 0 Å². The van der Waals surface area contributed by atoms with Gasteiger partial charge in [0.25, 0.3) is 0 Å². The van der Waals surface area contributed by atoms with Crippen molar-refractivity contribution in [2.75, 3.05) is 32.7 Å². The molecule has 2 aliphatic carbocycles. The Kier molecular flexibility index (Phi) is 5.23. The van der Waals surface area contributed by atoms with Crippen LogP contribution < -0.4 is 5.73 Å². The van der Waals surface area contributed by atoms with E-state index >= 15 is 0 Å². The van der Waals surface area contributed by atoms with Crippen molar-refractivity contribution < 1.29 is 0 Å². The van der Waals surface area contributed by atoms with Crippen molar-refractivity contribution in [1.82, 2.24) is 9.80 Å². The summed E-state index contributed by atoms with van der Waals surface area (Å²) in [5.74, 6) is 0.828. The summed E-state index contributed by atoms with van der Waals surface area (Å²) in [6, 6.07) is 0.898. The van der Waals surface area contributed by atoms with E-state index in [1.807, 2.05) is 0 Å². The topological polar surface area (TPSA) is 32.5 Å². The Hall–Kier alpha value is -0.120. The fourth-order valence-corrected chi connectivity index (χ4v) is 5.49. The highest BCUT2D eigenvalue weighted by atomic mass is 15.3. The van der Waals surface area contributed by atoms with Gasteiger partial charge in [-0.1, -0.05) is 39.0 Å². The molecule has 3 rings (SSSR count). The van der Waals surface area contributed by atoms with Crippen molar-refractivity contribution in [1.29, 1.82) is 0 Å². The van der Waals surface area contributed by atoms with Crippen molar-refractivity contribution >= 4 is 0 Å². The monoisotopic (exact) mass is 293 g/mol. The van der Waals surface area contributed by atoms with Gasteiger partial charge in [-0.05, 0) is 31.6 Å². The van der Waals surface area contributed by atoms with Crippen LogP contribution in [0.2, 0.25) is 0 Å². The normalized spacial score (nSPS) is 37.1. The Balaban J connectivity index is 1.63. The third-order valence-corrected chi connectivity index (χ3v) is 6.80. The van der Waals surface area contributed by atoms with E-state index in [4.69, 9.17) is 5.73 Å². The zero-order valence-electron chi connectivity index (χ0n) is 14.0. The summed E-state index contributed by atoms with van der Waals surface area (Å²) < 4.78 is 0. The highest BCUT2D eigenvalue weighted by Gasteiger charge is 2.44. The molecule has 0 aromatic carbocycles. The molecule has 1 aliphatic heterocycles. The van der Waals surface area contributed by atoms with Crippen molar-refractivity contribution in [2.24, 2.45) is 11.7 Å². The number of nitrogens with two attached hydrogens (primary N) is 1. The van der Waals surface area contributed by atoms with Crippen LogP contribution >= 0.6 is 0 Å². The molecule has 0 bridgehead atoms. The Bertz CT molecular complexity index is 318. The Morgan fingerprint density at radius 1 is 0.952 bits per heavy atom. The third-order valence-electron chi connectivity index (χ3n) is 6.80. The minimum atomic E-state index is 0.328.